The number of hydrogen-bond acceptors (Lipinski definition) is 3. The van der Waals surface area contributed by atoms with Gasteiger partial charge in [-0.25, -0.2) is 4.79 Å². The van der Waals surface area contributed by atoms with E-state index in [9.17, 15) is 9.90 Å². The smallest absolute Gasteiger partial charge is 0.338 e. The first-order chi connectivity index (χ1) is 6.18. The summed E-state index contributed by atoms with van der Waals surface area (Å²) < 4.78 is 5.04. The lowest BCUT2D eigenvalue weighted by atomic mass is 9.84. The molecule has 1 N–H and O–H groups in total. The summed E-state index contributed by atoms with van der Waals surface area (Å²) in [6.07, 6.45) is 5.09. The zero-order valence-electron chi connectivity index (χ0n) is 7.49. The Kier molecular flexibility index (Phi) is 1.87. The first-order valence-electron chi connectivity index (χ1n) is 4.49. The fourth-order valence-electron chi connectivity index (χ4n) is 1.94. The minimum absolute atomic E-state index is 0.0273. The molecule has 3 nitrogen and oxygen atoms in total. The first-order valence-corrected chi connectivity index (χ1v) is 4.49. The van der Waals surface area contributed by atoms with Crippen LogP contribution in [0.5, 0.6) is 0 Å². The fourth-order valence-corrected chi connectivity index (χ4v) is 1.94. The molecule has 1 fully saturated rings. The van der Waals surface area contributed by atoms with E-state index >= 15 is 0 Å². The molecule has 2 rings (SSSR count). The molecule has 3 heteroatoms. The summed E-state index contributed by atoms with van der Waals surface area (Å²) in [4.78, 5) is 11.4. The number of esters is 1. The van der Waals surface area contributed by atoms with Crippen LogP contribution in [0.1, 0.15) is 19.8 Å². The third-order valence-electron chi connectivity index (χ3n) is 2.53. The minimum atomic E-state index is -0.356. The molecule has 0 amide bonds. The highest BCUT2D eigenvalue weighted by molar-refractivity contribution is 5.91. The Hall–Kier alpha value is -1.25. The van der Waals surface area contributed by atoms with Gasteiger partial charge in [0.05, 0.1) is 11.7 Å². The van der Waals surface area contributed by atoms with Gasteiger partial charge in [-0.05, 0) is 25.8 Å². The molecule has 0 bridgehead atoms. The number of aliphatic hydroxyl groups is 1. The third kappa shape index (κ3) is 1.34. The van der Waals surface area contributed by atoms with Crippen LogP contribution in [-0.4, -0.2) is 17.2 Å². The van der Waals surface area contributed by atoms with Gasteiger partial charge in [0, 0.05) is 5.92 Å². The van der Waals surface area contributed by atoms with Crippen LogP contribution in [0.2, 0.25) is 0 Å². The van der Waals surface area contributed by atoms with Gasteiger partial charge >= 0.3 is 5.97 Å². The van der Waals surface area contributed by atoms with Crippen LogP contribution in [0.25, 0.3) is 0 Å². The average Bonchev–Trinajstić information content (AvgIpc) is 2.02. The summed E-state index contributed by atoms with van der Waals surface area (Å²) >= 11 is 0. The summed E-state index contributed by atoms with van der Waals surface area (Å²) in [5.41, 5.74) is 0.459. The van der Waals surface area contributed by atoms with Crippen molar-refractivity contribution in [3.8, 4) is 0 Å². The van der Waals surface area contributed by atoms with Crippen LogP contribution in [0, 0.1) is 5.92 Å². The first kappa shape index (κ1) is 8.35. The number of carbonyl (C=O) groups excluding carboxylic acids is 1. The number of fused-ring (bicyclic) bond motifs is 1. The molecule has 70 valence electrons. The van der Waals surface area contributed by atoms with Crippen LogP contribution >= 0.6 is 0 Å². The monoisotopic (exact) mass is 180 g/mol. The Labute approximate surface area is 76.7 Å². The van der Waals surface area contributed by atoms with Gasteiger partial charge in [-0.1, -0.05) is 6.08 Å². The van der Waals surface area contributed by atoms with Gasteiger partial charge in [-0.2, -0.15) is 0 Å². The van der Waals surface area contributed by atoms with Crippen LogP contribution < -0.4 is 0 Å². The Morgan fingerprint density at radius 3 is 3.15 bits per heavy atom. The number of carbonyl (C=O) groups is 1. The Balaban J connectivity index is 2.34. The molecule has 0 saturated carbocycles. The van der Waals surface area contributed by atoms with E-state index in [1.54, 1.807) is 6.08 Å². The molecule has 0 radical (unpaired) electrons. The average molecular weight is 180 g/mol. The quantitative estimate of drug-likeness (QED) is 0.577. The number of ether oxygens (including phenoxy) is 1. The predicted octanol–water partition coefficient (Wildman–Crippen LogP) is 1.71. The van der Waals surface area contributed by atoms with Crippen molar-refractivity contribution in [3.63, 3.8) is 0 Å². The maximum Gasteiger partial charge on any atom is 0.338 e. The molecule has 1 saturated heterocycles. The van der Waals surface area contributed by atoms with E-state index in [0.717, 1.165) is 12.8 Å². The highest BCUT2D eigenvalue weighted by Gasteiger charge is 2.34. The van der Waals surface area contributed by atoms with Crippen molar-refractivity contribution in [2.75, 3.05) is 0 Å². The second kappa shape index (κ2) is 2.91. The Bertz CT molecular complexity index is 301. The summed E-state index contributed by atoms with van der Waals surface area (Å²) in [6, 6.07) is 0. The van der Waals surface area contributed by atoms with E-state index in [1.165, 1.54) is 0 Å². The van der Waals surface area contributed by atoms with E-state index in [1.807, 2.05) is 13.0 Å². The minimum Gasteiger partial charge on any atom is -0.507 e. The summed E-state index contributed by atoms with van der Waals surface area (Å²) in [7, 11) is 0. The van der Waals surface area contributed by atoms with E-state index in [-0.39, 0.29) is 23.8 Å². The number of aliphatic hydroxyl groups excluding tert-OH is 1. The molecule has 2 aliphatic rings. The van der Waals surface area contributed by atoms with Gasteiger partial charge in [-0.3, -0.25) is 0 Å². The Morgan fingerprint density at radius 1 is 1.62 bits per heavy atom. The van der Waals surface area contributed by atoms with Gasteiger partial charge in [0.25, 0.3) is 0 Å². The zero-order chi connectivity index (χ0) is 9.42. The van der Waals surface area contributed by atoms with E-state index in [4.69, 9.17) is 4.74 Å². The van der Waals surface area contributed by atoms with Crippen molar-refractivity contribution < 1.29 is 14.6 Å². The largest absolute Gasteiger partial charge is 0.507 e. The molecule has 0 aromatic rings. The summed E-state index contributed by atoms with van der Waals surface area (Å²) in [5.74, 6) is -0.125. The number of hydrogen-bond donors (Lipinski definition) is 1. The highest BCUT2D eigenvalue weighted by Crippen LogP contribution is 2.33. The molecule has 13 heavy (non-hydrogen) atoms. The second-order valence-electron chi connectivity index (χ2n) is 3.59. The van der Waals surface area contributed by atoms with Crippen molar-refractivity contribution >= 4 is 5.97 Å². The standard InChI is InChI=1S/C10H12O3/c1-6-5-7-3-2-4-8(11)9(7)10(12)13-6/h2,4,6-7,11H,3,5H2,1H3/t6-,7-/m0/s1. The lowest BCUT2D eigenvalue weighted by Crippen LogP contribution is -2.31. The maximum atomic E-state index is 11.4. The zero-order valence-corrected chi connectivity index (χ0v) is 7.49. The van der Waals surface area contributed by atoms with E-state index < -0.39 is 0 Å². The summed E-state index contributed by atoms with van der Waals surface area (Å²) in [5, 5.41) is 9.45. The maximum absolute atomic E-state index is 11.4. The van der Waals surface area contributed by atoms with Crippen LogP contribution in [0.3, 0.4) is 0 Å². The number of rotatable bonds is 0. The van der Waals surface area contributed by atoms with Crippen LogP contribution in [-0.2, 0) is 9.53 Å². The molecular weight excluding hydrogens is 168 g/mol. The second-order valence-corrected chi connectivity index (χ2v) is 3.59. The van der Waals surface area contributed by atoms with Crippen LogP contribution in [0.4, 0.5) is 0 Å². The van der Waals surface area contributed by atoms with Crippen molar-refractivity contribution in [2.24, 2.45) is 5.92 Å². The molecule has 1 heterocycles. The van der Waals surface area contributed by atoms with Gasteiger partial charge in [0.15, 0.2) is 0 Å². The van der Waals surface area contributed by atoms with Crippen LogP contribution in [0.15, 0.2) is 23.5 Å². The normalized spacial score (nSPS) is 32.8. The molecule has 2 atom stereocenters. The molecule has 0 spiro atoms. The summed E-state index contributed by atoms with van der Waals surface area (Å²) in [6.45, 7) is 1.88. The third-order valence-corrected chi connectivity index (χ3v) is 2.53. The molecule has 1 aliphatic carbocycles. The predicted molar refractivity (Wildman–Crippen MR) is 47.1 cm³/mol. The highest BCUT2D eigenvalue weighted by atomic mass is 16.5. The topological polar surface area (TPSA) is 46.5 Å². The van der Waals surface area contributed by atoms with Crippen molar-refractivity contribution in [1.29, 1.82) is 0 Å². The molecule has 0 aromatic carbocycles. The van der Waals surface area contributed by atoms with Gasteiger partial charge in [0.1, 0.15) is 5.76 Å². The lowest BCUT2D eigenvalue weighted by molar-refractivity contribution is -0.148. The molecule has 1 aliphatic heterocycles. The van der Waals surface area contributed by atoms with E-state index in [0.29, 0.717) is 5.57 Å². The SMILES string of the molecule is C[C@H]1C[C@@H]2CC=CC(O)=C2C(=O)O1. The number of cyclic esters (lactones) is 1. The van der Waals surface area contributed by atoms with Crippen molar-refractivity contribution in [2.45, 2.75) is 25.9 Å². The van der Waals surface area contributed by atoms with Crippen molar-refractivity contribution in [3.05, 3.63) is 23.5 Å². The molecular formula is C10H12O3. The van der Waals surface area contributed by atoms with E-state index in [2.05, 4.69) is 0 Å². The molecule has 0 aromatic heterocycles. The van der Waals surface area contributed by atoms with Gasteiger partial charge < -0.3 is 9.84 Å². The van der Waals surface area contributed by atoms with Crippen molar-refractivity contribution in [1.82, 2.24) is 0 Å². The van der Waals surface area contributed by atoms with Gasteiger partial charge in [0.2, 0.25) is 0 Å². The van der Waals surface area contributed by atoms with Gasteiger partial charge in [-0.15, -0.1) is 0 Å². The Morgan fingerprint density at radius 2 is 2.38 bits per heavy atom. The lowest BCUT2D eigenvalue weighted by Gasteiger charge is -2.30. The fraction of sp³-hybridized carbons (Fsp3) is 0.500. The number of allylic oxidation sites excluding steroid dienone is 2. The molecule has 0 unspecified atom stereocenters.